The lowest BCUT2D eigenvalue weighted by Gasteiger charge is -2.28. The van der Waals surface area contributed by atoms with Gasteiger partial charge in [-0.2, -0.15) is 0 Å². The van der Waals surface area contributed by atoms with E-state index in [0.29, 0.717) is 30.3 Å². The maximum Gasteiger partial charge on any atom is 0.322 e. The fourth-order valence-corrected chi connectivity index (χ4v) is 3.29. The average molecular weight is 381 g/mol. The molecule has 1 unspecified atom stereocenters. The number of imide groups is 1. The van der Waals surface area contributed by atoms with Gasteiger partial charge in [-0.05, 0) is 18.2 Å². The van der Waals surface area contributed by atoms with Crippen LogP contribution in [0.5, 0.6) is 17.2 Å². The van der Waals surface area contributed by atoms with Gasteiger partial charge in [-0.1, -0.05) is 18.2 Å². The van der Waals surface area contributed by atoms with Crippen LogP contribution in [0.2, 0.25) is 0 Å². The number of amides is 4. The Balaban J connectivity index is 1.65. The van der Waals surface area contributed by atoms with Gasteiger partial charge in [0.2, 0.25) is 5.91 Å². The van der Waals surface area contributed by atoms with Gasteiger partial charge in [0.1, 0.15) is 23.3 Å². The number of hydrogen-bond acceptors (Lipinski definition) is 5. The first-order valence-electron chi connectivity index (χ1n) is 8.85. The van der Waals surface area contributed by atoms with Gasteiger partial charge in [0.25, 0.3) is 5.91 Å². The molecule has 144 valence electrons. The Morgan fingerprint density at radius 3 is 2.61 bits per heavy atom. The first kappa shape index (κ1) is 17.8. The molecule has 8 nitrogen and oxygen atoms in total. The second kappa shape index (κ2) is 7.22. The van der Waals surface area contributed by atoms with Gasteiger partial charge in [-0.3, -0.25) is 14.9 Å². The summed E-state index contributed by atoms with van der Waals surface area (Å²) < 4.78 is 11.4. The molecule has 2 N–H and O–H groups in total. The van der Waals surface area contributed by atoms with E-state index in [9.17, 15) is 14.4 Å². The van der Waals surface area contributed by atoms with Crippen molar-refractivity contribution >= 4 is 17.8 Å². The molecule has 4 rings (SSSR count). The first-order chi connectivity index (χ1) is 13.5. The summed E-state index contributed by atoms with van der Waals surface area (Å²) in [5.74, 6) is 1.19. The molecule has 0 aromatic heterocycles. The zero-order valence-electron chi connectivity index (χ0n) is 15.2. The van der Waals surface area contributed by atoms with Crippen LogP contribution in [0.3, 0.4) is 0 Å². The van der Waals surface area contributed by atoms with Crippen LogP contribution < -0.4 is 20.1 Å². The lowest BCUT2D eigenvalue weighted by molar-refractivity contribution is -0.135. The highest BCUT2D eigenvalue weighted by Gasteiger charge is 2.33. The van der Waals surface area contributed by atoms with Crippen molar-refractivity contribution in [2.24, 2.45) is 0 Å². The van der Waals surface area contributed by atoms with Crippen molar-refractivity contribution in [3.63, 3.8) is 0 Å². The Hall–Kier alpha value is -3.55. The molecule has 0 spiro atoms. The maximum absolute atomic E-state index is 12.9. The largest absolute Gasteiger partial charge is 0.497 e. The van der Waals surface area contributed by atoms with Gasteiger partial charge < -0.3 is 19.7 Å². The lowest BCUT2D eigenvalue weighted by Crippen LogP contribution is -2.38. The molecule has 0 radical (unpaired) electrons. The summed E-state index contributed by atoms with van der Waals surface area (Å²) in [5.41, 5.74) is 1.67. The Morgan fingerprint density at radius 1 is 1.14 bits per heavy atom. The van der Waals surface area contributed by atoms with Crippen molar-refractivity contribution in [1.29, 1.82) is 0 Å². The summed E-state index contributed by atoms with van der Waals surface area (Å²) in [7, 11) is 1.58. The molecule has 0 aliphatic carbocycles. The third-order valence-corrected chi connectivity index (χ3v) is 4.78. The smallest absolute Gasteiger partial charge is 0.322 e. The Labute approximate surface area is 161 Å². The predicted octanol–water partition coefficient (Wildman–Crippen LogP) is 1.93. The van der Waals surface area contributed by atoms with E-state index < -0.39 is 18.0 Å². The molecule has 1 atom stereocenters. The van der Waals surface area contributed by atoms with Crippen molar-refractivity contribution < 1.29 is 23.9 Å². The SMILES string of the molecule is COc1ccc2c(c1)Oc1ccccc1CN(C(=O)CC1NC(=O)NC1=O)C2. The number of para-hydroxylation sites is 1. The summed E-state index contributed by atoms with van der Waals surface area (Å²) in [6.07, 6.45) is -0.105. The molecule has 8 heteroatoms. The monoisotopic (exact) mass is 381 g/mol. The van der Waals surface area contributed by atoms with E-state index in [0.717, 1.165) is 11.1 Å². The summed E-state index contributed by atoms with van der Waals surface area (Å²) in [6.45, 7) is 0.650. The predicted molar refractivity (Wildman–Crippen MR) is 98.8 cm³/mol. The van der Waals surface area contributed by atoms with Crippen LogP contribution >= 0.6 is 0 Å². The highest BCUT2D eigenvalue weighted by atomic mass is 16.5. The van der Waals surface area contributed by atoms with Gasteiger partial charge >= 0.3 is 6.03 Å². The molecule has 28 heavy (non-hydrogen) atoms. The van der Waals surface area contributed by atoms with Gasteiger partial charge in [0, 0.05) is 30.3 Å². The molecule has 2 aliphatic rings. The van der Waals surface area contributed by atoms with E-state index in [-0.39, 0.29) is 12.3 Å². The molecule has 0 bridgehead atoms. The van der Waals surface area contributed by atoms with Crippen LogP contribution in [0.25, 0.3) is 0 Å². The number of carbonyl (C=O) groups excluding carboxylic acids is 3. The number of ether oxygens (including phenoxy) is 2. The van der Waals surface area contributed by atoms with Crippen LogP contribution in [0.15, 0.2) is 42.5 Å². The summed E-state index contributed by atoms with van der Waals surface area (Å²) in [6, 6.07) is 11.5. The standard InChI is InChI=1S/C20H19N3O5/c1-27-14-7-6-13-11-23(18(24)9-15-19(25)22-20(26)21-15)10-12-4-2-3-5-16(12)28-17(13)8-14/h2-8,15H,9-11H2,1H3,(H2,21,22,25,26). The number of nitrogens with one attached hydrogen (secondary N) is 2. The van der Waals surface area contributed by atoms with Gasteiger partial charge in [-0.15, -0.1) is 0 Å². The van der Waals surface area contributed by atoms with Crippen molar-refractivity contribution in [3.05, 3.63) is 53.6 Å². The van der Waals surface area contributed by atoms with Crippen LogP contribution in [0, 0.1) is 0 Å². The number of fused-ring (bicyclic) bond motifs is 2. The minimum absolute atomic E-state index is 0.105. The average Bonchev–Trinajstić information content (AvgIpc) is 2.98. The third-order valence-electron chi connectivity index (χ3n) is 4.78. The molecule has 2 aromatic rings. The number of methoxy groups -OCH3 is 1. The Bertz CT molecular complexity index is 959. The quantitative estimate of drug-likeness (QED) is 0.792. The van der Waals surface area contributed by atoms with E-state index in [1.165, 1.54) is 0 Å². The van der Waals surface area contributed by atoms with Gasteiger partial charge in [0.05, 0.1) is 13.5 Å². The van der Waals surface area contributed by atoms with Gasteiger partial charge in [0.15, 0.2) is 0 Å². The van der Waals surface area contributed by atoms with Crippen molar-refractivity contribution in [1.82, 2.24) is 15.5 Å². The molecule has 1 fully saturated rings. The third kappa shape index (κ3) is 3.48. The fraction of sp³-hybridized carbons (Fsp3) is 0.250. The summed E-state index contributed by atoms with van der Waals surface area (Å²) >= 11 is 0. The van der Waals surface area contributed by atoms with E-state index in [1.807, 2.05) is 36.4 Å². The van der Waals surface area contributed by atoms with E-state index in [2.05, 4.69) is 10.6 Å². The molecule has 0 saturated carbocycles. The first-order valence-corrected chi connectivity index (χ1v) is 8.85. The topological polar surface area (TPSA) is 97.0 Å². The lowest BCUT2D eigenvalue weighted by atomic mass is 10.1. The molecule has 2 aliphatic heterocycles. The van der Waals surface area contributed by atoms with E-state index in [4.69, 9.17) is 9.47 Å². The molecular formula is C20H19N3O5. The number of urea groups is 1. The Morgan fingerprint density at radius 2 is 1.89 bits per heavy atom. The van der Waals surface area contributed by atoms with Crippen molar-refractivity contribution in [2.45, 2.75) is 25.6 Å². The molecule has 4 amide bonds. The number of hydrogen-bond donors (Lipinski definition) is 2. The molecular weight excluding hydrogens is 362 g/mol. The number of carbonyl (C=O) groups is 3. The van der Waals surface area contributed by atoms with Crippen molar-refractivity contribution in [3.8, 4) is 17.2 Å². The molecule has 1 saturated heterocycles. The minimum atomic E-state index is -0.854. The second-order valence-corrected chi connectivity index (χ2v) is 6.65. The number of benzene rings is 2. The summed E-state index contributed by atoms with van der Waals surface area (Å²) in [5, 5.41) is 4.61. The van der Waals surface area contributed by atoms with Crippen LogP contribution in [-0.2, 0) is 22.7 Å². The van der Waals surface area contributed by atoms with Gasteiger partial charge in [-0.25, -0.2) is 4.79 Å². The van der Waals surface area contributed by atoms with Crippen molar-refractivity contribution in [2.75, 3.05) is 7.11 Å². The second-order valence-electron chi connectivity index (χ2n) is 6.65. The van der Waals surface area contributed by atoms with Crippen LogP contribution in [-0.4, -0.2) is 35.9 Å². The van der Waals surface area contributed by atoms with E-state index in [1.54, 1.807) is 18.1 Å². The zero-order chi connectivity index (χ0) is 19.7. The van der Waals surface area contributed by atoms with Crippen LogP contribution in [0.4, 0.5) is 4.79 Å². The molecule has 2 heterocycles. The highest BCUT2D eigenvalue weighted by molar-refractivity contribution is 6.05. The van der Waals surface area contributed by atoms with Crippen LogP contribution in [0.1, 0.15) is 17.5 Å². The minimum Gasteiger partial charge on any atom is -0.497 e. The Kier molecular flexibility index (Phi) is 4.60. The summed E-state index contributed by atoms with van der Waals surface area (Å²) in [4.78, 5) is 37.7. The normalized spacial score (nSPS) is 18.0. The van der Waals surface area contributed by atoms with E-state index >= 15 is 0 Å². The molecule has 2 aromatic carbocycles. The fourth-order valence-electron chi connectivity index (χ4n) is 3.29. The number of nitrogens with zero attached hydrogens (tertiary/aromatic N) is 1. The maximum atomic E-state index is 12.9. The number of rotatable bonds is 3. The highest BCUT2D eigenvalue weighted by Crippen LogP contribution is 2.35. The zero-order valence-corrected chi connectivity index (χ0v) is 15.2.